The summed E-state index contributed by atoms with van der Waals surface area (Å²) in [7, 11) is 1.02. The Labute approximate surface area is 107 Å². The fourth-order valence-corrected chi connectivity index (χ4v) is 2.46. The van der Waals surface area contributed by atoms with Crippen LogP contribution in [-0.4, -0.2) is 13.3 Å². The zero-order valence-electron chi connectivity index (χ0n) is 8.40. The van der Waals surface area contributed by atoms with Crippen molar-refractivity contribution in [2.45, 2.75) is 11.8 Å². The standard InChI is InChI=1S/C9H5Cl2NO4S/c1-2-3-7-8(12(13)14)4-6(10)5-9(7)17(11,15)16/h4-5H,1H3. The van der Waals surface area contributed by atoms with E-state index in [4.69, 9.17) is 22.3 Å². The number of benzene rings is 1. The second-order valence-electron chi connectivity index (χ2n) is 2.87. The minimum atomic E-state index is -4.15. The molecule has 1 aromatic carbocycles. The van der Waals surface area contributed by atoms with Crippen LogP contribution in [0.5, 0.6) is 0 Å². The number of hydrogen-bond acceptors (Lipinski definition) is 4. The molecule has 0 saturated carbocycles. The predicted molar refractivity (Wildman–Crippen MR) is 63.7 cm³/mol. The Kier molecular flexibility index (Phi) is 3.98. The SMILES string of the molecule is CC#Cc1c([N+](=O)[O-])cc(Cl)cc1S(=O)(=O)Cl. The molecule has 0 aliphatic rings. The first kappa shape index (κ1) is 13.8. The van der Waals surface area contributed by atoms with Gasteiger partial charge in [0.15, 0.2) is 0 Å². The van der Waals surface area contributed by atoms with Crippen LogP contribution in [0.15, 0.2) is 17.0 Å². The fourth-order valence-electron chi connectivity index (χ4n) is 1.15. The summed E-state index contributed by atoms with van der Waals surface area (Å²) in [6.07, 6.45) is 0. The van der Waals surface area contributed by atoms with Crippen LogP contribution < -0.4 is 0 Å². The summed E-state index contributed by atoms with van der Waals surface area (Å²) < 4.78 is 22.5. The van der Waals surface area contributed by atoms with E-state index in [0.717, 1.165) is 12.1 Å². The van der Waals surface area contributed by atoms with Crippen LogP contribution in [-0.2, 0) is 9.05 Å². The molecular formula is C9H5Cl2NO4S. The molecule has 0 atom stereocenters. The van der Waals surface area contributed by atoms with Crippen molar-refractivity contribution < 1.29 is 13.3 Å². The number of nitrogens with zero attached hydrogens (tertiary/aromatic N) is 1. The molecule has 8 heteroatoms. The van der Waals surface area contributed by atoms with Gasteiger partial charge in [0.2, 0.25) is 0 Å². The van der Waals surface area contributed by atoms with Gasteiger partial charge in [-0.3, -0.25) is 10.1 Å². The number of rotatable bonds is 2. The molecule has 0 radical (unpaired) electrons. The summed E-state index contributed by atoms with van der Waals surface area (Å²) in [4.78, 5) is 9.54. The molecule has 1 aromatic rings. The molecule has 0 aromatic heterocycles. The highest BCUT2D eigenvalue weighted by molar-refractivity contribution is 8.13. The van der Waals surface area contributed by atoms with Crippen molar-refractivity contribution >= 4 is 37.0 Å². The topological polar surface area (TPSA) is 77.3 Å². The van der Waals surface area contributed by atoms with Gasteiger partial charge in [-0.05, 0) is 13.0 Å². The van der Waals surface area contributed by atoms with Crippen molar-refractivity contribution in [1.29, 1.82) is 0 Å². The van der Waals surface area contributed by atoms with Crippen molar-refractivity contribution in [1.82, 2.24) is 0 Å². The lowest BCUT2D eigenvalue weighted by atomic mass is 10.2. The van der Waals surface area contributed by atoms with E-state index in [1.165, 1.54) is 6.92 Å². The molecule has 0 spiro atoms. The maximum absolute atomic E-state index is 11.3. The Bertz CT molecular complexity index is 643. The van der Waals surface area contributed by atoms with Crippen molar-refractivity contribution in [3.8, 4) is 11.8 Å². The van der Waals surface area contributed by atoms with Crippen LogP contribution in [0.2, 0.25) is 5.02 Å². The minimum Gasteiger partial charge on any atom is -0.258 e. The highest BCUT2D eigenvalue weighted by atomic mass is 35.7. The summed E-state index contributed by atoms with van der Waals surface area (Å²) in [5, 5.41) is 10.7. The molecule has 0 fully saturated rings. The zero-order chi connectivity index (χ0) is 13.2. The highest BCUT2D eigenvalue weighted by Crippen LogP contribution is 2.31. The van der Waals surface area contributed by atoms with Crippen LogP contribution in [0.1, 0.15) is 12.5 Å². The number of halogens is 2. The van der Waals surface area contributed by atoms with Gasteiger partial charge in [0.05, 0.1) is 4.92 Å². The predicted octanol–water partition coefficient (Wildman–Crippen LogP) is 2.55. The molecule has 0 unspecified atom stereocenters. The van der Waals surface area contributed by atoms with E-state index in [1.807, 2.05) is 0 Å². The lowest BCUT2D eigenvalue weighted by Crippen LogP contribution is -2.00. The lowest BCUT2D eigenvalue weighted by molar-refractivity contribution is -0.385. The van der Waals surface area contributed by atoms with Crippen LogP contribution >= 0.6 is 22.3 Å². The van der Waals surface area contributed by atoms with Gasteiger partial charge < -0.3 is 0 Å². The van der Waals surface area contributed by atoms with Crippen LogP contribution in [0.4, 0.5) is 5.69 Å². The van der Waals surface area contributed by atoms with Crippen molar-refractivity contribution in [3.63, 3.8) is 0 Å². The Morgan fingerprint density at radius 1 is 1.41 bits per heavy atom. The fraction of sp³-hybridized carbons (Fsp3) is 0.111. The normalized spacial score (nSPS) is 10.5. The van der Waals surface area contributed by atoms with E-state index in [-0.39, 0.29) is 10.6 Å². The van der Waals surface area contributed by atoms with Crippen LogP contribution in [0, 0.1) is 22.0 Å². The van der Waals surface area contributed by atoms with Gasteiger partial charge in [0, 0.05) is 21.8 Å². The third-order valence-corrected chi connectivity index (χ3v) is 3.32. The van der Waals surface area contributed by atoms with Gasteiger partial charge in [0.25, 0.3) is 14.7 Å². The van der Waals surface area contributed by atoms with Gasteiger partial charge in [-0.15, -0.1) is 5.92 Å². The van der Waals surface area contributed by atoms with Crippen LogP contribution in [0.3, 0.4) is 0 Å². The van der Waals surface area contributed by atoms with Crippen molar-refractivity contribution in [2.24, 2.45) is 0 Å². The van der Waals surface area contributed by atoms with Crippen molar-refractivity contribution in [3.05, 3.63) is 32.8 Å². The van der Waals surface area contributed by atoms with Gasteiger partial charge >= 0.3 is 0 Å². The molecule has 0 saturated heterocycles. The molecule has 17 heavy (non-hydrogen) atoms. The highest BCUT2D eigenvalue weighted by Gasteiger charge is 2.24. The van der Waals surface area contributed by atoms with E-state index in [2.05, 4.69) is 11.8 Å². The molecule has 90 valence electrons. The number of hydrogen-bond donors (Lipinski definition) is 0. The summed E-state index contributed by atoms with van der Waals surface area (Å²) in [5.41, 5.74) is -0.761. The summed E-state index contributed by atoms with van der Waals surface area (Å²) in [6.45, 7) is 1.42. The first-order valence-electron chi connectivity index (χ1n) is 4.12. The van der Waals surface area contributed by atoms with Gasteiger partial charge in [-0.25, -0.2) is 8.42 Å². The van der Waals surface area contributed by atoms with Crippen molar-refractivity contribution in [2.75, 3.05) is 0 Å². The van der Waals surface area contributed by atoms with Gasteiger partial charge in [-0.2, -0.15) is 0 Å². The Balaban J connectivity index is 3.81. The van der Waals surface area contributed by atoms with E-state index < -0.39 is 24.6 Å². The quantitative estimate of drug-likeness (QED) is 0.363. The smallest absolute Gasteiger partial charge is 0.258 e. The van der Waals surface area contributed by atoms with Gasteiger partial charge in [0.1, 0.15) is 10.5 Å². The summed E-state index contributed by atoms with van der Waals surface area (Å²) in [6, 6.07) is 2.04. The monoisotopic (exact) mass is 293 g/mol. The zero-order valence-corrected chi connectivity index (χ0v) is 10.7. The molecule has 0 amide bonds. The Hall–Kier alpha value is -1.29. The van der Waals surface area contributed by atoms with E-state index in [9.17, 15) is 18.5 Å². The average molecular weight is 294 g/mol. The molecule has 1 rings (SSSR count). The second kappa shape index (κ2) is 4.92. The third-order valence-electron chi connectivity index (χ3n) is 1.76. The average Bonchev–Trinajstić information content (AvgIpc) is 2.18. The van der Waals surface area contributed by atoms with E-state index in [0.29, 0.717) is 0 Å². The first-order valence-corrected chi connectivity index (χ1v) is 6.81. The van der Waals surface area contributed by atoms with E-state index in [1.54, 1.807) is 0 Å². The second-order valence-corrected chi connectivity index (χ2v) is 5.84. The first-order chi connectivity index (χ1) is 7.77. The lowest BCUT2D eigenvalue weighted by Gasteiger charge is -2.03. The maximum atomic E-state index is 11.3. The number of nitro groups is 1. The number of nitro benzene ring substituents is 1. The maximum Gasteiger partial charge on any atom is 0.287 e. The van der Waals surface area contributed by atoms with E-state index >= 15 is 0 Å². The molecular weight excluding hydrogens is 289 g/mol. The largest absolute Gasteiger partial charge is 0.287 e. The molecule has 0 N–H and O–H groups in total. The van der Waals surface area contributed by atoms with Gasteiger partial charge in [-0.1, -0.05) is 17.5 Å². The molecule has 5 nitrogen and oxygen atoms in total. The third kappa shape index (κ3) is 3.09. The molecule has 0 bridgehead atoms. The van der Waals surface area contributed by atoms with Crippen LogP contribution in [0.25, 0.3) is 0 Å². The Morgan fingerprint density at radius 2 is 2.00 bits per heavy atom. The molecule has 0 aliphatic heterocycles. The molecule has 0 heterocycles. The minimum absolute atomic E-state index is 0.0995. The Morgan fingerprint density at radius 3 is 2.41 bits per heavy atom. The summed E-state index contributed by atoms with van der Waals surface area (Å²) in [5.74, 6) is 4.74. The molecule has 0 aliphatic carbocycles. The summed E-state index contributed by atoms with van der Waals surface area (Å²) >= 11 is 5.60.